The predicted octanol–water partition coefficient (Wildman–Crippen LogP) is 1.19. The maximum absolute atomic E-state index is 11.5. The Bertz CT molecular complexity index is 286. The Morgan fingerprint density at radius 2 is 2.26 bits per heavy atom. The van der Waals surface area contributed by atoms with Crippen LogP contribution in [0.25, 0.3) is 0 Å². The highest BCUT2D eigenvalue weighted by Gasteiger charge is 2.47. The van der Waals surface area contributed by atoms with Gasteiger partial charge in [0.2, 0.25) is 0 Å². The molecule has 0 aromatic heterocycles. The third kappa shape index (κ3) is 4.16. The van der Waals surface area contributed by atoms with E-state index in [1.54, 1.807) is 7.05 Å². The summed E-state index contributed by atoms with van der Waals surface area (Å²) in [6, 6.07) is 0. The van der Waals surface area contributed by atoms with Crippen LogP contribution in [0.1, 0.15) is 32.6 Å². The first-order valence-electron chi connectivity index (χ1n) is 7.25. The molecule has 0 heterocycles. The van der Waals surface area contributed by atoms with Gasteiger partial charge in [0.05, 0.1) is 6.61 Å². The number of ether oxygens (including phenoxy) is 1. The summed E-state index contributed by atoms with van der Waals surface area (Å²) in [6.07, 6.45) is 3.68. The van der Waals surface area contributed by atoms with Crippen molar-refractivity contribution in [1.82, 2.24) is 10.2 Å². The van der Waals surface area contributed by atoms with E-state index >= 15 is 0 Å². The van der Waals surface area contributed by atoms with E-state index in [1.165, 1.54) is 0 Å². The Hall–Kier alpha value is -0.650. The van der Waals surface area contributed by atoms with Crippen LogP contribution in [0.2, 0.25) is 0 Å². The number of carboxylic acid groups (broad SMARTS) is 1. The largest absolute Gasteiger partial charge is 0.480 e. The van der Waals surface area contributed by atoms with Crippen molar-refractivity contribution >= 4 is 5.97 Å². The summed E-state index contributed by atoms with van der Waals surface area (Å²) >= 11 is 0. The van der Waals surface area contributed by atoms with Gasteiger partial charge in [-0.25, -0.2) is 0 Å². The van der Waals surface area contributed by atoms with Crippen LogP contribution in [0.5, 0.6) is 0 Å². The summed E-state index contributed by atoms with van der Waals surface area (Å²) in [4.78, 5) is 13.7. The molecular formula is C14H28N2O3. The Balaban J connectivity index is 2.41. The molecule has 0 aromatic rings. The first-order valence-corrected chi connectivity index (χ1v) is 7.25. The topological polar surface area (TPSA) is 61.8 Å². The van der Waals surface area contributed by atoms with Crippen molar-refractivity contribution in [2.75, 3.05) is 40.4 Å². The smallest absolute Gasteiger partial charge is 0.324 e. The minimum absolute atomic E-state index is 0.226. The quantitative estimate of drug-likeness (QED) is 0.617. The predicted molar refractivity (Wildman–Crippen MR) is 75.4 cm³/mol. The van der Waals surface area contributed by atoms with Crippen LogP contribution in [0.15, 0.2) is 0 Å². The average Bonchev–Trinajstić information content (AvgIpc) is 2.80. The van der Waals surface area contributed by atoms with Gasteiger partial charge in [-0.1, -0.05) is 6.42 Å². The van der Waals surface area contributed by atoms with E-state index in [4.69, 9.17) is 4.74 Å². The number of nitrogens with zero attached hydrogens (tertiary/aromatic N) is 1. The summed E-state index contributed by atoms with van der Waals surface area (Å²) < 4.78 is 5.33. The number of likely N-dealkylation sites (N-methyl/N-ethyl adjacent to an activating group) is 2. The maximum atomic E-state index is 11.5. The lowest BCUT2D eigenvalue weighted by Gasteiger charge is -2.32. The van der Waals surface area contributed by atoms with E-state index < -0.39 is 11.5 Å². The van der Waals surface area contributed by atoms with E-state index in [0.717, 1.165) is 52.0 Å². The van der Waals surface area contributed by atoms with Crippen molar-refractivity contribution in [3.63, 3.8) is 0 Å². The maximum Gasteiger partial charge on any atom is 0.324 e. The average molecular weight is 272 g/mol. The lowest BCUT2D eigenvalue weighted by Crippen LogP contribution is -2.53. The highest BCUT2D eigenvalue weighted by molar-refractivity contribution is 5.79. The molecule has 2 atom stereocenters. The van der Waals surface area contributed by atoms with Crippen LogP contribution in [-0.2, 0) is 9.53 Å². The summed E-state index contributed by atoms with van der Waals surface area (Å²) in [6.45, 7) is 5.31. The van der Waals surface area contributed by atoms with Crippen LogP contribution >= 0.6 is 0 Å². The number of hydrogen-bond acceptors (Lipinski definition) is 4. The van der Waals surface area contributed by atoms with Crippen molar-refractivity contribution in [2.45, 2.75) is 38.1 Å². The van der Waals surface area contributed by atoms with Crippen molar-refractivity contribution in [3.05, 3.63) is 0 Å². The van der Waals surface area contributed by atoms with Crippen LogP contribution in [0, 0.1) is 5.92 Å². The Labute approximate surface area is 116 Å². The lowest BCUT2D eigenvalue weighted by molar-refractivity contribution is -0.146. The summed E-state index contributed by atoms with van der Waals surface area (Å²) in [5.41, 5.74) is -0.708. The molecule has 1 aliphatic rings. The molecule has 1 fully saturated rings. The molecule has 112 valence electrons. The molecule has 0 radical (unpaired) electrons. The van der Waals surface area contributed by atoms with E-state index in [0.29, 0.717) is 0 Å². The molecule has 0 saturated heterocycles. The molecule has 5 nitrogen and oxygen atoms in total. The summed E-state index contributed by atoms with van der Waals surface area (Å²) in [7, 11) is 3.83. The zero-order valence-corrected chi connectivity index (χ0v) is 12.4. The van der Waals surface area contributed by atoms with Gasteiger partial charge in [0.1, 0.15) is 5.54 Å². The third-order valence-electron chi connectivity index (χ3n) is 4.33. The standard InChI is InChI=1S/C14H28N2O3/c1-4-19-11-10-16(3)9-7-12-6-5-8-14(12,15-2)13(17)18/h12,15H,4-11H2,1-3H3,(H,17,18). The monoisotopic (exact) mass is 272 g/mol. The Morgan fingerprint density at radius 3 is 2.84 bits per heavy atom. The van der Waals surface area contributed by atoms with Gasteiger partial charge in [-0.05, 0) is 52.7 Å². The van der Waals surface area contributed by atoms with Gasteiger partial charge < -0.3 is 20.1 Å². The molecular weight excluding hydrogens is 244 g/mol. The molecule has 0 aromatic carbocycles. The highest BCUT2D eigenvalue weighted by atomic mass is 16.5. The first kappa shape index (κ1) is 16.4. The normalized spacial score (nSPS) is 27.1. The molecule has 0 aliphatic heterocycles. The molecule has 1 rings (SSSR count). The Morgan fingerprint density at radius 1 is 1.53 bits per heavy atom. The zero-order valence-electron chi connectivity index (χ0n) is 12.4. The molecule has 1 saturated carbocycles. The molecule has 5 heteroatoms. The number of carbonyl (C=O) groups is 1. The van der Waals surface area contributed by atoms with Crippen LogP contribution in [0.4, 0.5) is 0 Å². The number of aliphatic carboxylic acids is 1. The second-order valence-electron chi connectivity index (χ2n) is 5.40. The van der Waals surface area contributed by atoms with Crippen molar-refractivity contribution < 1.29 is 14.6 Å². The van der Waals surface area contributed by atoms with Crippen molar-refractivity contribution in [2.24, 2.45) is 5.92 Å². The van der Waals surface area contributed by atoms with Crippen LogP contribution < -0.4 is 5.32 Å². The number of carboxylic acids is 1. The number of nitrogens with one attached hydrogen (secondary N) is 1. The summed E-state index contributed by atoms with van der Waals surface area (Å²) in [5.74, 6) is -0.473. The second kappa shape index (κ2) is 7.82. The van der Waals surface area contributed by atoms with Gasteiger partial charge in [0.15, 0.2) is 0 Å². The van der Waals surface area contributed by atoms with Crippen molar-refractivity contribution in [1.29, 1.82) is 0 Å². The fraction of sp³-hybridized carbons (Fsp3) is 0.929. The summed E-state index contributed by atoms with van der Waals surface area (Å²) in [5, 5.41) is 12.5. The van der Waals surface area contributed by atoms with Crippen molar-refractivity contribution in [3.8, 4) is 0 Å². The first-order chi connectivity index (χ1) is 9.06. The molecule has 2 unspecified atom stereocenters. The molecule has 19 heavy (non-hydrogen) atoms. The van der Waals surface area contributed by atoms with Gasteiger partial charge in [-0.3, -0.25) is 4.79 Å². The SMILES string of the molecule is CCOCCN(C)CCC1CCCC1(NC)C(=O)O. The van der Waals surface area contributed by atoms with Gasteiger partial charge in [0, 0.05) is 13.2 Å². The fourth-order valence-corrected chi connectivity index (χ4v) is 3.04. The molecule has 2 N–H and O–H groups in total. The lowest BCUT2D eigenvalue weighted by atomic mass is 9.84. The third-order valence-corrected chi connectivity index (χ3v) is 4.33. The molecule has 1 aliphatic carbocycles. The molecule has 0 bridgehead atoms. The van der Waals surface area contributed by atoms with E-state index in [-0.39, 0.29) is 5.92 Å². The Kier molecular flexibility index (Phi) is 6.75. The number of hydrogen-bond donors (Lipinski definition) is 2. The van der Waals surface area contributed by atoms with Gasteiger partial charge >= 0.3 is 5.97 Å². The number of rotatable bonds is 9. The van der Waals surface area contributed by atoms with E-state index in [2.05, 4.69) is 17.3 Å². The van der Waals surface area contributed by atoms with Crippen LogP contribution in [0.3, 0.4) is 0 Å². The fourth-order valence-electron chi connectivity index (χ4n) is 3.04. The van der Waals surface area contributed by atoms with E-state index in [1.807, 2.05) is 6.92 Å². The van der Waals surface area contributed by atoms with Crippen LogP contribution in [-0.4, -0.2) is 61.9 Å². The highest BCUT2D eigenvalue weighted by Crippen LogP contribution is 2.38. The second-order valence-corrected chi connectivity index (χ2v) is 5.40. The minimum Gasteiger partial charge on any atom is -0.480 e. The van der Waals surface area contributed by atoms with Gasteiger partial charge in [0.25, 0.3) is 0 Å². The van der Waals surface area contributed by atoms with Gasteiger partial charge in [-0.15, -0.1) is 0 Å². The molecule has 0 amide bonds. The minimum atomic E-state index is -0.708. The molecule has 0 spiro atoms. The van der Waals surface area contributed by atoms with E-state index in [9.17, 15) is 9.90 Å². The van der Waals surface area contributed by atoms with Gasteiger partial charge in [-0.2, -0.15) is 0 Å². The zero-order chi connectivity index (χ0) is 14.3.